The molecule has 3 N–H and O–H groups in total. The number of pyridine rings is 1. The zero-order chi connectivity index (χ0) is 17.3. The largest absolute Gasteiger partial charge is 0.505 e. The van der Waals surface area contributed by atoms with Crippen molar-refractivity contribution in [3.05, 3.63) is 42.0 Å². The van der Waals surface area contributed by atoms with E-state index in [9.17, 15) is 19.1 Å². The molecule has 0 saturated carbocycles. The van der Waals surface area contributed by atoms with Crippen molar-refractivity contribution < 1.29 is 24.2 Å². The van der Waals surface area contributed by atoms with Crippen molar-refractivity contribution in [2.45, 2.75) is 0 Å². The van der Waals surface area contributed by atoms with Gasteiger partial charge in [0.2, 0.25) is 0 Å². The Bertz CT molecular complexity index is 940. The third-order valence-corrected chi connectivity index (χ3v) is 4.00. The number of amides is 1. The van der Waals surface area contributed by atoms with Crippen LogP contribution in [0.3, 0.4) is 0 Å². The number of nitrogens with zero attached hydrogens (tertiary/aromatic N) is 2. The Kier molecular flexibility index (Phi) is 4.09. The first-order valence-corrected chi connectivity index (χ1v) is 7.48. The first kappa shape index (κ1) is 15.8. The molecule has 7 nitrogen and oxygen atoms in total. The van der Waals surface area contributed by atoms with Gasteiger partial charge in [0.05, 0.1) is 15.8 Å². The molecule has 2 aromatic heterocycles. The van der Waals surface area contributed by atoms with E-state index >= 15 is 0 Å². The third-order valence-electron chi connectivity index (χ3n) is 3.22. The van der Waals surface area contributed by atoms with Gasteiger partial charge in [-0.15, -0.1) is 0 Å². The van der Waals surface area contributed by atoms with Crippen molar-refractivity contribution in [3.63, 3.8) is 0 Å². The van der Waals surface area contributed by atoms with Gasteiger partial charge in [0.1, 0.15) is 12.4 Å². The summed E-state index contributed by atoms with van der Waals surface area (Å²) in [5, 5.41) is 21.4. The van der Waals surface area contributed by atoms with E-state index in [0.29, 0.717) is 21.3 Å². The lowest BCUT2D eigenvalue weighted by molar-refractivity contribution is -0.135. The second kappa shape index (κ2) is 6.20. The zero-order valence-corrected chi connectivity index (χ0v) is 12.8. The maximum absolute atomic E-state index is 13.1. The van der Waals surface area contributed by atoms with E-state index in [-0.39, 0.29) is 5.69 Å². The molecule has 0 aliphatic heterocycles. The Morgan fingerprint density at radius 1 is 1.25 bits per heavy atom. The van der Waals surface area contributed by atoms with Gasteiger partial charge < -0.3 is 15.5 Å². The summed E-state index contributed by atoms with van der Waals surface area (Å²) in [6, 6.07) is 5.54. The van der Waals surface area contributed by atoms with Crippen LogP contribution in [0, 0.1) is 5.82 Å². The van der Waals surface area contributed by atoms with E-state index in [4.69, 9.17) is 5.11 Å². The maximum atomic E-state index is 13.1. The summed E-state index contributed by atoms with van der Waals surface area (Å²) in [5.41, 5.74) is 0.663. The zero-order valence-electron chi connectivity index (χ0n) is 12.0. The number of nitrogens with one attached hydrogen (secondary N) is 1. The average molecular weight is 347 g/mol. The predicted molar refractivity (Wildman–Crippen MR) is 84.4 cm³/mol. The summed E-state index contributed by atoms with van der Waals surface area (Å²) in [6.45, 7) is -0.593. The SMILES string of the molecule is O=C(O)CNC(=O)c1ncc2snc(-c3ccc(F)cc3)c2c1O. The second-order valence-corrected chi connectivity index (χ2v) is 5.61. The summed E-state index contributed by atoms with van der Waals surface area (Å²) in [5.74, 6) is -2.83. The second-order valence-electron chi connectivity index (χ2n) is 4.81. The molecular formula is C15H10FN3O4S. The minimum Gasteiger partial charge on any atom is -0.505 e. The number of hydrogen-bond donors (Lipinski definition) is 3. The number of carbonyl (C=O) groups is 2. The highest BCUT2D eigenvalue weighted by Crippen LogP contribution is 2.37. The molecule has 1 aromatic carbocycles. The fourth-order valence-corrected chi connectivity index (χ4v) is 2.90. The monoisotopic (exact) mass is 347 g/mol. The molecule has 0 spiro atoms. The Balaban J connectivity index is 2.07. The number of carboxylic acids is 1. The van der Waals surface area contributed by atoms with Gasteiger partial charge in [-0.05, 0) is 35.8 Å². The molecule has 0 atom stereocenters. The van der Waals surface area contributed by atoms with Crippen LogP contribution in [0.5, 0.6) is 5.75 Å². The van der Waals surface area contributed by atoms with Gasteiger partial charge in [-0.1, -0.05) is 0 Å². The standard InChI is InChI=1S/C15H10FN3O4S/c16-8-3-1-7(2-4-8)12-11-9(24-19-12)5-17-13(14(11)22)15(23)18-6-10(20)21/h1-5,22H,6H2,(H,18,23)(H,20,21). The van der Waals surface area contributed by atoms with Crippen LogP contribution in [0.25, 0.3) is 21.3 Å². The highest BCUT2D eigenvalue weighted by atomic mass is 32.1. The van der Waals surface area contributed by atoms with Crippen molar-refractivity contribution in [2.75, 3.05) is 6.54 Å². The van der Waals surface area contributed by atoms with Crippen molar-refractivity contribution in [1.82, 2.24) is 14.7 Å². The van der Waals surface area contributed by atoms with Gasteiger partial charge in [0.25, 0.3) is 5.91 Å². The summed E-state index contributed by atoms with van der Waals surface area (Å²) in [7, 11) is 0. The van der Waals surface area contributed by atoms with Gasteiger partial charge in [-0.3, -0.25) is 9.59 Å². The summed E-state index contributed by atoms with van der Waals surface area (Å²) in [6.07, 6.45) is 1.37. The lowest BCUT2D eigenvalue weighted by Crippen LogP contribution is -2.29. The van der Waals surface area contributed by atoms with Crippen molar-refractivity contribution in [2.24, 2.45) is 0 Å². The topological polar surface area (TPSA) is 112 Å². The molecule has 9 heteroatoms. The van der Waals surface area contributed by atoms with E-state index in [1.807, 2.05) is 0 Å². The van der Waals surface area contributed by atoms with Crippen LogP contribution in [0.4, 0.5) is 4.39 Å². The molecule has 2 heterocycles. The number of fused-ring (bicyclic) bond motifs is 1. The van der Waals surface area contributed by atoms with Crippen LogP contribution >= 0.6 is 11.5 Å². The van der Waals surface area contributed by atoms with E-state index in [0.717, 1.165) is 11.5 Å². The van der Waals surface area contributed by atoms with Crippen LogP contribution in [0.15, 0.2) is 30.5 Å². The van der Waals surface area contributed by atoms with Crippen LogP contribution in [0.1, 0.15) is 10.5 Å². The first-order valence-electron chi connectivity index (χ1n) is 6.70. The number of hydrogen-bond acceptors (Lipinski definition) is 6. The number of halogens is 1. The predicted octanol–water partition coefficient (Wildman–Crippen LogP) is 2.02. The van der Waals surface area contributed by atoms with Gasteiger partial charge in [-0.2, -0.15) is 4.37 Å². The fraction of sp³-hybridized carbons (Fsp3) is 0.0667. The van der Waals surface area contributed by atoms with Crippen molar-refractivity contribution >= 4 is 33.5 Å². The molecule has 0 bridgehead atoms. The number of rotatable bonds is 4. The minimum absolute atomic E-state index is 0.299. The number of aliphatic carboxylic acids is 1. The van der Waals surface area contributed by atoms with E-state index < -0.39 is 30.0 Å². The van der Waals surface area contributed by atoms with Crippen LogP contribution < -0.4 is 5.32 Å². The highest BCUT2D eigenvalue weighted by Gasteiger charge is 2.21. The summed E-state index contributed by atoms with van der Waals surface area (Å²) < 4.78 is 17.8. The molecule has 122 valence electrons. The van der Waals surface area contributed by atoms with E-state index in [2.05, 4.69) is 14.7 Å². The molecule has 3 aromatic rings. The third kappa shape index (κ3) is 2.88. The number of carboxylic acid groups (broad SMARTS) is 1. The first-order chi connectivity index (χ1) is 11.5. The minimum atomic E-state index is -1.21. The highest BCUT2D eigenvalue weighted by molar-refractivity contribution is 7.13. The number of aromatic hydroxyl groups is 1. The smallest absolute Gasteiger partial charge is 0.322 e. The number of carbonyl (C=O) groups excluding carboxylic acids is 1. The van der Waals surface area contributed by atoms with Crippen molar-refractivity contribution in [3.8, 4) is 17.0 Å². The van der Waals surface area contributed by atoms with Crippen molar-refractivity contribution in [1.29, 1.82) is 0 Å². The normalized spacial score (nSPS) is 10.7. The molecular weight excluding hydrogens is 337 g/mol. The molecule has 0 fully saturated rings. The molecule has 0 saturated heterocycles. The van der Waals surface area contributed by atoms with Gasteiger partial charge in [0.15, 0.2) is 11.4 Å². The van der Waals surface area contributed by atoms with Gasteiger partial charge in [-0.25, -0.2) is 9.37 Å². The average Bonchev–Trinajstić information content (AvgIpc) is 2.98. The lowest BCUT2D eigenvalue weighted by atomic mass is 10.1. The Morgan fingerprint density at radius 2 is 1.96 bits per heavy atom. The Labute approximate surface area is 138 Å². The molecule has 3 rings (SSSR count). The van der Waals surface area contributed by atoms with Gasteiger partial charge >= 0.3 is 5.97 Å². The molecule has 0 aliphatic carbocycles. The Hall–Kier alpha value is -3.07. The van der Waals surface area contributed by atoms with Crippen LogP contribution in [-0.2, 0) is 4.79 Å². The molecule has 0 radical (unpaired) electrons. The lowest BCUT2D eigenvalue weighted by Gasteiger charge is -2.06. The Morgan fingerprint density at radius 3 is 2.62 bits per heavy atom. The maximum Gasteiger partial charge on any atom is 0.322 e. The molecule has 24 heavy (non-hydrogen) atoms. The van der Waals surface area contributed by atoms with Crippen LogP contribution in [0.2, 0.25) is 0 Å². The molecule has 1 amide bonds. The number of aromatic nitrogens is 2. The molecule has 0 unspecified atom stereocenters. The quantitative estimate of drug-likeness (QED) is 0.665. The van der Waals surface area contributed by atoms with Gasteiger partial charge in [0, 0.05) is 11.8 Å². The van der Waals surface area contributed by atoms with Crippen LogP contribution in [-0.4, -0.2) is 38.0 Å². The van der Waals surface area contributed by atoms with E-state index in [1.165, 1.54) is 30.5 Å². The molecule has 0 aliphatic rings. The fourth-order valence-electron chi connectivity index (χ4n) is 2.13. The van der Waals surface area contributed by atoms with E-state index in [1.54, 1.807) is 0 Å². The summed E-state index contributed by atoms with van der Waals surface area (Å²) >= 11 is 1.07. The number of benzene rings is 1. The summed E-state index contributed by atoms with van der Waals surface area (Å²) in [4.78, 5) is 26.3.